The number of amides is 1. The SMILES string of the molecule is CC(=O)OC(C)(C)C1C[C@@H](C)C2C(C[C@@]3(C)C4CCC5C(C)(C)[C@@H](OC(=O)N6CCOCC6)CC[C@@]56CCC(C[C@]23C)C46)O1. The van der Waals surface area contributed by atoms with E-state index >= 15 is 0 Å². The van der Waals surface area contributed by atoms with Crippen molar-refractivity contribution in [3.05, 3.63) is 0 Å². The van der Waals surface area contributed by atoms with E-state index in [-0.39, 0.29) is 46.6 Å². The van der Waals surface area contributed by atoms with E-state index in [0.29, 0.717) is 49.5 Å². The Morgan fingerprint density at radius 3 is 2.32 bits per heavy atom. The molecule has 7 heteroatoms. The Kier molecular flexibility index (Phi) is 7.34. The molecule has 5 saturated carbocycles. The van der Waals surface area contributed by atoms with Crippen molar-refractivity contribution in [2.45, 2.75) is 137 Å². The van der Waals surface area contributed by atoms with E-state index in [1.807, 2.05) is 18.7 Å². The second-order valence-electron chi connectivity index (χ2n) is 18.0. The summed E-state index contributed by atoms with van der Waals surface area (Å²) in [6.07, 6.45) is 10.8. The number of fused-ring (bicyclic) bond motifs is 4. The lowest BCUT2D eigenvalue weighted by molar-refractivity contribution is -0.213. The summed E-state index contributed by atoms with van der Waals surface area (Å²) in [4.78, 5) is 27.0. The van der Waals surface area contributed by atoms with Crippen LogP contribution in [-0.2, 0) is 23.7 Å². The number of hydrogen-bond donors (Lipinski definition) is 0. The van der Waals surface area contributed by atoms with Gasteiger partial charge in [-0.3, -0.25) is 4.79 Å². The predicted octanol–water partition coefficient (Wildman–Crippen LogP) is 7.25. The lowest BCUT2D eigenvalue weighted by Crippen LogP contribution is -2.63. The second kappa shape index (κ2) is 10.3. The molecule has 44 heavy (non-hydrogen) atoms. The van der Waals surface area contributed by atoms with E-state index in [1.165, 1.54) is 45.4 Å². The molecule has 7 rings (SSSR count). The first-order chi connectivity index (χ1) is 20.6. The maximum absolute atomic E-state index is 13.2. The highest BCUT2D eigenvalue weighted by molar-refractivity contribution is 5.68. The molecule has 0 aromatic heterocycles. The Bertz CT molecular complexity index is 1160. The van der Waals surface area contributed by atoms with Gasteiger partial charge in [-0.05, 0) is 123 Å². The van der Waals surface area contributed by atoms with Crippen LogP contribution in [0.15, 0.2) is 0 Å². The average molecular weight is 614 g/mol. The summed E-state index contributed by atoms with van der Waals surface area (Å²) in [5, 5.41) is 0. The summed E-state index contributed by atoms with van der Waals surface area (Å²) in [7, 11) is 0. The topological polar surface area (TPSA) is 74.3 Å². The summed E-state index contributed by atoms with van der Waals surface area (Å²) in [5.74, 6) is 3.73. The zero-order valence-corrected chi connectivity index (χ0v) is 28.8. The van der Waals surface area contributed by atoms with Gasteiger partial charge in [0, 0.05) is 25.4 Å². The molecule has 12 atom stereocenters. The molecule has 7 unspecified atom stereocenters. The molecule has 0 radical (unpaired) electrons. The van der Waals surface area contributed by atoms with E-state index in [4.69, 9.17) is 18.9 Å². The van der Waals surface area contributed by atoms with Crippen molar-refractivity contribution in [1.29, 1.82) is 0 Å². The Hall–Kier alpha value is -1.34. The Labute approximate surface area is 265 Å². The van der Waals surface area contributed by atoms with Crippen LogP contribution in [0.5, 0.6) is 0 Å². The summed E-state index contributed by atoms with van der Waals surface area (Å²) >= 11 is 0. The van der Waals surface area contributed by atoms with Gasteiger partial charge in [0.1, 0.15) is 11.7 Å². The van der Waals surface area contributed by atoms with Gasteiger partial charge in [-0.15, -0.1) is 0 Å². The third-order valence-electron chi connectivity index (χ3n) is 15.4. The van der Waals surface area contributed by atoms with Gasteiger partial charge in [-0.25, -0.2) is 4.79 Å². The molecular weight excluding hydrogens is 554 g/mol. The van der Waals surface area contributed by atoms with Gasteiger partial charge in [-0.1, -0.05) is 34.6 Å². The third kappa shape index (κ3) is 4.32. The van der Waals surface area contributed by atoms with Crippen LogP contribution >= 0.6 is 0 Å². The van der Waals surface area contributed by atoms with Gasteiger partial charge in [0.25, 0.3) is 0 Å². The first-order valence-corrected chi connectivity index (χ1v) is 18.0. The van der Waals surface area contributed by atoms with Crippen molar-refractivity contribution in [3.63, 3.8) is 0 Å². The lowest BCUT2D eigenvalue weighted by Gasteiger charge is -2.67. The normalized spacial score (nSPS) is 49.3. The molecule has 7 aliphatic rings. The minimum Gasteiger partial charge on any atom is -0.457 e. The number of nitrogens with zero attached hydrogens (tertiary/aromatic N) is 1. The van der Waals surface area contributed by atoms with E-state index in [9.17, 15) is 9.59 Å². The number of hydrogen-bond acceptors (Lipinski definition) is 6. The van der Waals surface area contributed by atoms with Crippen LogP contribution in [0.3, 0.4) is 0 Å². The van der Waals surface area contributed by atoms with Crippen LogP contribution in [0.25, 0.3) is 0 Å². The van der Waals surface area contributed by atoms with Gasteiger partial charge in [0.05, 0.1) is 25.4 Å². The second-order valence-corrected chi connectivity index (χ2v) is 18.0. The molecule has 2 heterocycles. The molecule has 2 aliphatic heterocycles. The van der Waals surface area contributed by atoms with Crippen LogP contribution in [0, 0.1) is 57.2 Å². The quantitative estimate of drug-likeness (QED) is 0.312. The monoisotopic (exact) mass is 613 g/mol. The van der Waals surface area contributed by atoms with Crippen molar-refractivity contribution in [3.8, 4) is 0 Å². The molecular formula is C37H59NO6. The standard InChI is InChI=1S/C37H59NO6/c1-22-19-29(34(5,6)44-23(2)39)42-26-21-35(7)25-9-10-27-33(3,4)28(43-32(40)38-15-17-41-18-16-38)12-14-37(27)13-11-24(31(25)37)20-36(35,8)30(22)26/h22,24-31H,9-21H2,1-8H3/t22-,24?,25?,26?,27?,28+,29?,30?,31?,35+,36-,37+/m1/s1. The van der Waals surface area contributed by atoms with Crippen molar-refractivity contribution >= 4 is 12.1 Å². The van der Waals surface area contributed by atoms with Crippen molar-refractivity contribution in [1.82, 2.24) is 4.90 Å². The number of rotatable bonds is 3. The van der Waals surface area contributed by atoms with Crippen molar-refractivity contribution in [2.75, 3.05) is 26.3 Å². The molecule has 7 nitrogen and oxygen atoms in total. The van der Waals surface area contributed by atoms with Crippen LogP contribution in [0.4, 0.5) is 4.79 Å². The summed E-state index contributed by atoms with van der Waals surface area (Å²) < 4.78 is 24.7. The molecule has 0 N–H and O–H groups in total. The number of carbonyl (C=O) groups excluding carboxylic acids is 2. The van der Waals surface area contributed by atoms with Gasteiger partial charge >= 0.3 is 12.1 Å². The molecule has 2 saturated heterocycles. The fraction of sp³-hybridized carbons (Fsp3) is 0.946. The molecule has 1 amide bonds. The van der Waals surface area contributed by atoms with Crippen LogP contribution in [0.2, 0.25) is 0 Å². The summed E-state index contributed by atoms with van der Waals surface area (Å²) in [5.41, 5.74) is 0.221. The molecule has 5 aliphatic carbocycles. The smallest absolute Gasteiger partial charge is 0.410 e. The minimum absolute atomic E-state index is 0.0189. The average Bonchev–Trinajstić information content (AvgIpc) is 3.42. The molecule has 248 valence electrons. The highest BCUT2D eigenvalue weighted by atomic mass is 16.6. The zero-order valence-electron chi connectivity index (χ0n) is 28.8. The van der Waals surface area contributed by atoms with Crippen LogP contribution in [0.1, 0.15) is 113 Å². The van der Waals surface area contributed by atoms with E-state index in [1.54, 1.807) is 0 Å². The van der Waals surface area contributed by atoms with E-state index < -0.39 is 5.60 Å². The summed E-state index contributed by atoms with van der Waals surface area (Å²) in [6, 6.07) is 0. The van der Waals surface area contributed by atoms with Gasteiger partial charge in [0.15, 0.2) is 0 Å². The minimum atomic E-state index is -0.616. The predicted molar refractivity (Wildman–Crippen MR) is 168 cm³/mol. The molecule has 0 aromatic carbocycles. The van der Waals surface area contributed by atoms with E-state index in [0.717, 1.165) is 37.0 Å². The Morgan fingerprint density at radius 1 is 0.909 bits per heavy atom. The molecule has 7 fully saturated rings. The zero-order chi connectivity index (χ0) is 31.4. The fourth-order valence-electron chi connectivity index (χ4n) is 13.7. The highest BCUT2D eigenvalue weighted by Crippen LogP contribution is 2.80. The maximum atomic E-state index is 13.2. The lowest BCUT2D eigenvalue weighted by atomic mass is 9.37. The summed E-state index contributed by atoms with van der Waals surface area (Å²) in [6.45, 7) is 20.6. The maximum Gasteiger partial charge on any atom is 0.410 e. The largest absolute Gasteiger partial charge is 0.457 e. The number of carbonyl (C=O) groups is 2. The van der Waals surface area contributed by atoms with Crippen LogP contribution < -0.4 is 0 Å². The van der Waals surface area contributed by atoms with Crippen LogP contribution in [-0.4, -0.2) is 67.2 Å². The number of ether oxygens (including phenoxy) is 4. The van der Waals surface area contributed by atoms with Crippen molar-refractivity contribution < 1.29 is 28.5 Å². The molecule has 0 bridgehead atoms. The Balaban J connectivity index is 1.14. The number of esters is 1. The first kappa shape index (κ1) is 31.3. The third-order valence-corrected chi connectivity index (χ3v) is 15.4. The van der Waals surface area contributed by atoms with Gasteiger partial charge in [-0.2, -0.15) is 0 Å². The van der Waals surface area contributed by atoms with Crippen molar-refractivity contribution in [2.24, 2.45) is 57.2 Å². The molecule has 1 spiro atoms. The fourth-order valence-corrected chi connectivity index (χ4v) is 13.7. The van der Waals surface area contributed by atoms with Gasteiger partial charge in [0.2, 0.25) is 0 Å². The highest BCUT2D eigenvalue weighted by Gasteiger charge is 2.75. The Morgan fingerprint density at radius 2 is 1.61 bits per heavy atom. The molecule has 0 aromatic rings. The van der Waals surface area contributed by atoms with Gasteiger partial charge < -0.3 is 23.8 Å². The first-order valence-electron chi connectivity index (χ1n) is 18.0. The number of morpholine rings is 1. The van der Waals surface area contributed by atoms with E-state index in [2.05, 4.69) is 34.6 Å².